The van der Waals surface area contributed by atoms with Crippen LogP contribution < -0.4 is 5.32 Å². The highest BCUT2D eigenvalue weighted by atomic mass is 16.4. The molecule has 2 fully saturated rings. The number of nitrogens with zero attached hydrogens (tertiary/aromatic N) is 2. The van der Waals surface area contributed by atoms with E-state index in [2.05, 4.69) is 10.4 Å². The van der Waals surface area contributed by atoms with Gasteiger partial charge in [0, 0.05) is 25.7 Å². The SMILES string of the molecule is Cn1cc(C(=O)NCC2(C(=O)O)CCCCC2)c(C2CCCCC2)n1. The smallest absolute Gasteiger partial charge is 0.311 e. The third-order valence-electron chi connectivity index (χ3n) is 5.95. The third-order valence-corrected chi connectivity index (χ3v) is 5.95. The average molecular weight is 347 g/mol. The Kier molecular flexibility index (Phi) is 5.45. The van der Waals surface area contributed by atoms with E-state index >= 15 is 0 Å². The second kappa shape index (κ2) is 7.58. The molecular formula is C19H29N3O3. The largest absolute Gasteiger partial charge is 0.481 e. The van der Waals surface area contributed by atoms with Gasteiger partial charge in [0.15, 0.2) is 0 Å². The minimum atomic E-state index is -0.804. The van der Waals surface area contributed by atoms with Crippen LogP contribution in [0.4, 0.5) is 0 Å². The van der Waals surface area contributed by atoms with E-state index in [-0.39, 0.29) is 12.5 Å². The van der Waals surface area contributed by atoms with Gasteiger partial charge in [0.25, 0.3) is 5.91 Å². The van der Waals surface area contributed by atoms with Gasteiger partial charge >= 0.3 is 5.97 Å². The Morgan fingerprint density at radius 1 is 1.20 bits per heavy atom. The van der Waals surface area contributed by atoms with E-state index in [1.165, 1.54) is 19.3 Å². The lowest BCUT2D eigenvalue weighted by Gasteiger charge is -2.33. The zero-order valence-corrected chi connectivity index (χ0v) is 15.1. The summed E-state index contributed by atoms with van der Waals surface area (Å²) in [6.07, 6.45) is 11.8. The van der Waals surface area contributed by atoms with Crippen molar-refractivity contribution in [1.82, 2.24) is 15.1 Å². The van der Waals surface area contributed by atoms with E-state index in [0.717, 1.165) is 37.8 Å². The fourth-order valence-corrected chi connectivity index (χ4v) is 4.40. The van der Waals surface area contributed by atoms with Gasteiger partial charge in [-0.3, -0.25) is 14.3 Å². The summed E-state index contributed by atoms with van der Waals surface area (Å²) in [6.45, 7) is 0.208. The minimum absolute atomic E-state index is 0.181. The number of aromatic nitrogens is 2. The maximum Gasteiger partial charge on any atom is 0.311 e. The molecule has 2 saturated carbocycles. The number of hydrogen-bond acceptors (Lipinski definition) is 3. The Hall–Kier alpha value is -1.85. The van der Waals surface area contributed by atoms with Gasteiger partial charge in [-0.25, -0.2) is 0 Å². The van der Waals surface area contributed by atoms with Crippen LogP contribution in [0, 0.1) is 5.41 Å². The fourth-order valence-electron chi connectivity index (χ4n) is 4.40. The second-order valence-corrected chi connectivity index (χ2v) is 7.77. The number of amides is 1. The molecule has 1 amide bonds. The summed E-state index contributed by atoms with van der Waals surface area (Å²) < 4.78 is 1.70. The van der Waals surface area contributed by atoms with Crippen molar-refractivity contribution in [2.24, 2.45) is 12.5 Å². The summed E-state index contributed by atoms with van der Waals surface area (Å²) in [5, 5.41) is 17.1. The number of nitrogens with one attached hydrogen (secondary N) is 1. The molecule has 6 heteroatoms. The average Bonchev–Trinajstić information content (AvgIpc) is 3.03. The summed E-state index contributed by atoms with van der Waals surface area (Å²) in [6, 6.07) is 0. The third kappa shape index (κ3) is 3.88. The molecule has 0 radical (unpaired) electrons. The number of carbonyl (C=O) groups excluding carboxylic acids is 1. The Morgan fingerprint density at radius 3 is 2.48 bits per heavy atom. The Balaban J connectivity index is 1.71. The van der Waals surface area contributed by atoms with Crippen LogP contribution in [-0.4, -0.2) is 33.3 Å². The van der Waals surface area contributed by atoms with Crippen LogP contribution in [0.1, 0.15) is 86.2 Å². The van der Waals surface area contributed by atoms with Crippen molar-refractivity contribution in [3.05, 3.63) is 17.5 Å². The van der Waals surface area contributed by atoms with Gasteiger partial charge in [-0.1, -0.05) is 38.5 Å². The lowest BCUT2D eigenvalue weighted by atomic mass is 9.74. The molecule has 138 valence electrons. The summed E-state index contributed by atoms with van der Waals surface area (Å²) in [4.78, 5) is 24.5. The molecule has 6 nitrogen and oxygen atoms in total. The van der Waals surface area contributed by atoms with Crippen LogP contribution in [0.5, 0.6) is 0 Å². The lowest BCUT2D eigenvalue weighted by molar-refractivity contribution is -0.150. The number of aryl methyl sites for hydroxylation is 1. The van der Waals surface area contributed by atoms with E-state index in [1.807, 2.05) is 7.05 Å². The maximum absolute atomic E-state index is 12.8. The highest BCUT2D eigenvalue weighted by molar-refractivity contribution is 5.95. The molecule has 0 aromatic carbocycles. The van der Waals surface area contributed by atoms with Crippen molar-refractivity contribution in [1.29, 1.82) is 0 Å². The molecule has 0 bridgehead atoms. The summed E-state index contributed by atoms with van der Waals surface area (Å²) in [7, 11) is 1.84. The molecular weight excluding hydrogens is 318 g/mol. The predicted octanol–water partition coefficient (Wildman–Crippen LogP) is 3.23. The molecule has 0 unspecified atom stereocenters. The van der Waals surface area contributed by atoms with Gasteiger partial charge in [-0.05, 0) is 25.7 Å². The Bertz CT molecular complexity index is 626. The molecule has 2 aliphatic rings. The number of hydrogen-bond donors (Lipinski definition) is 2. The van der Waals surface area contributed by atoms with Crippen molar-refractivity contribution >= 4 is 11.9 Å². The van der Waals surface area contributed by atoms with Crippen molar-refractivity contribution < 1.29 is 14.7 Å². The van der Waals surface area contributed by atoms with Crippen molar-refractivity contribution in [3.8, 4) is 0 Å². The van der Waals surface area contributed by atoms with Gasteiger partial charge in [0.1, 0.15) is 0 Å². The van der Waals surface area contributed by atoms with Crippen LogP contribution >= 0.6 is 0 Å². The second-order valence-electron chi connectivity index (χ2n) is 7.77. The first-order valence-corrected chi connectivity index (χ1v) is 9.57. The monoisotopic (exact) mass is 347 g/mol. The number of aliphatic carboxylic acids is 1. The molecule has 2 aliphatic carbocycles. The first-order valence-electron chi connectivity index (χ1n) is 9.57. The first-order chi connectivity index (χ1) is 12.0. The standard InChI is InChI=1S/C19H29N3O3/c1-22-12-15(16(21-22)14-8-4-2-5-9-14)17(23)20-13-19(18(24)25)10-6-3-7-11-19/h12,14H,2-11,13H2,1H3,(H,20,23)(H,24,25). The van der Waals surface area contributed by atoms with Crippen LogP contribution in [0.3, 0.4) is 0 Å². The predicted molar refractivity (Wildman–Crippen MR) is 94.5 cm³/mol. The maximum atomic E-state index is 12.8. The van der Waals surface area contributed by atoms with E-state index in [0.29, 0.717) is 24.3 Å². The van der Waals surface area contributed by atoms with Crippen LogP contribution in [-0.2, 0) is 11.8 Å². The fraction of sp³-hybridized carbons (Fsp3) is 0.737. The summed E-state index contributed by atoms with van der Waals surface area (Å²) in [5.41, 5.74) is 0.694. The van der Waals surface area contributed by atoms with Crippen LogP contribution in [0.25, 0.3) is 0 Å². The molecule has 0 atom stereocenters. The van der Waals surface area contributed by atoms with Gasteiger partial charge < -0.3 is 10.4 Å². The quantitative estimate of drug-likeness (QED) is 0.856. The highest BCUT2D eigenvalue weighted by Gasteiger charge is 2.40. The Labute approximate surface area is 149 Å². The zero-order chi connectivity index (χ0) is 17.9. The minimum Gasteiger partial charge on any atom is -0.481 e. The van der Waals surface area contributed by atoms with Crippen LogP contribution in [0.2, 0.25) is 0 Å². The van der Waals surface area contributed by atoms with Gasteiger partial charge in [0.2, 0.25) is 0 Å². The molecule has 0 aliphatic heterocycles. The summed E-state index contributed by atoms with van der Waals surface area (Å²) in [5.74, 6) is -0.620. The molecule has 1 aromatic heterocycles. The molecule has 0 spiro atoms. The van der Waals surface area contributed by atoms with E-state index in [1.54, 1.807) is 10.9 Å². The molecule has 3 rings (SSSR count). The van der Waals surface area contributed by atoms with E-state index < -0.39 is 11.4 Å². The van der Waals surface area contributed by atoms with Gasteiger partial charge in [0.05, 0.1) is 16.7 Å². The molecule has 1 heterocycles. The number of carboxylic acid groups (broad SMARTS) is 1. The number of rotatable bonds is 5. The zero-order valence-electron chi connectivity index (χ0n) is 15.1. The Morgan fingerprint density at radius 2 is 1.84 bits per heavy atom. The number of carbonyl (C=O) groups is 2. The lowest BCUT2D eigenvalue weighted by Crippen LogP contribution is -2.44. The number of carboxylic acids is 1. The topological polar surface area (TPSA) is 84.2 Å². The van der Waals surface area contributed by atoms with E-state index in [9.17, 15) is 14.7 Å². The molecule has 25 heavy (non-hydrogen) atoms. The first kappa shape index (κ1) is 18.0. The normalized spacial score (nSPS) is 21.0. The van der Waals surface area contributed by atoms with E-state index in [4.69, 9.17) is 0 Å². The van der Waals surface area contributed by atoms with Crippen molar-refractivity contribution in [2.45, 2.75) is 70.1 Å². The van der Waals surface area contributed by atoms with Gasteiger partial charge in [-0.15, -0.1) is 0 Å². The van der Waals surface area contributed by atoms with Crippen LogP contribution in [0.15, 0.2) is 6.20 Å². The highest BCUT2D eigenvalue weighted by Crippen LogP contribution is 2.36. The molecule has 0 saturated heterocycles. The molecule has 1 aromatic rings. The summed E-state index contributed by atoms with van der Waals surface area (Å²) >= 11 is 0. The van der Waals surface area contributed by atoms with Crippen molar-refractivity contribution in [3.63, 3.8) is 0 Å². The van der Waals surface area contributed by atoms with Crippen molar-refractivity contribution in [2.75, 3.05) is 6.54 Å². The molecule has 2 N–H and O–H groups in total. The van der Waals surface area contributed by atoms with Gasteiger partial charge in [-0.2, -0.15) is 5.10 Å².